The van der Waals surface area contributed by atoms with Crippen molar-refractivity contribution in [1.82, 2.24) is 4.81 Å². The molecule has 1 heterocycles. The standard InChI is InChI=1S/C3H6BNS2/c4-5-1-2-7-3(5)6/h1-2,4H2. The van der Waals surface area contributed by atoms with Gasteiger partial charge in [-0.15, -0.1) is 0 Å². The smallest absolute Gasteiger partial charge is 0.219 e. The molecule has 0 radical (unpaired) electrons. The summed E-state index contributed by atoms with van der Waals surface area (Å²) >= 11 is 6.69. The summed E-state index contributed by atoms with van der Waals surface area (Å²) in [5.74, 6) is 1.18. The van der Waals surface area contributed by atoms with Crippen molar-refractivity contribution in [2.75, 3.05) is 12.3 Å². The molecule has 0 aromatic heterocycles. The van der Waals surface area contributed by atoms with E-state index in [9.17, 15) is 0 Å². The number of thiocarbonyl (C=S) groups is 1. The van der Waals surface area contributed by atoms with Crippen molar-refractivity contribution in [2.24, 2.45) is 0 Å². The maximum absolute atomic E-state index is 4.93. The Hall–Kier alpha value is 0.305. The van der Waals surface area contributed by atoms with Crippen LogP contribution in [-0.4, -0.2) is 29.4 Å². The lowest BCUT2D eigenvalue weighted by Gasteiger charge is -2.05. The molecule has 0 aromatic rings. The predicted octanol–water partition coefficient (Wildman–Crippen LogP) is -0.132. The topological polar surface area (TPSA) is 3.24 Å². The average molecular weight is 131 g/mol. The minimum absolute atomic E-state index is 1.04. The van der Waals surface area contributed by atoms with Crippen LogP contribution in [0, 0.1) is 0 Å². The summed E-state index contributed by atoms with van der Waals surface area (Å²) in [7, 11) is 2.03. The van der Waals surface area contributed by atoms with Gasteiger partial charge in [-0.25, -0.2) is 0 Å². The molecule has 1 fully saturated rings. The molecule has 0 aromatic carbocycles. The molecule has 1 saturated heterocycles. The second-order valence-electron chi connectivity index (χ2n) is 1.54. The van der Waals surface area contributed by atoms with Gasteiger partial charge in [0.2, 0.25) is 7.98 Å². The molecule has 0 spiro atoms. The van der Waals surface area contributed by atoms with E-state index in [1.54, 1.807) is 11.8 Å². The summed E-state index contributed by atoms with van der Waals surface area (Å²) in [6.45, 7) is 1.13. The van der Waals surface area contributed by atoms with Crippen LogP contribution in [0.15, 0.2) is 0 Å². The highest BCUT2D eigenvalue weighted by atomic mass is 32.2. The quantitative estimate of drug-likeness (QED) is 0.333. The fourth-order valence-corrected chi connectivity index (χ4v) is 1.66. The Morgan fingerprint density at radius 2 is 2.57 bits per heavy atom. The fraction of sp³-hybridized carbons (Fsp3) is 0.667. The molecule has 0 saturated carbocycles. The van der Waals surface area contributed by atoms with E-state index in [0.29, 0.717) is 0 Å². The van der Waals surface area contributed by atoms with E-state index in [1.165, 1.54) is 5.75 Å². The van der Waals surface area contributed by atoms with E-state index in [0.717, 1.165) is 10.9 Å². The van der Waals surface area contributed by atoms with Crippen molar-refractivity contribution >= 4 is 36.3 Å². The first-order chi connectivity index (χ1) is 3.30. The van der Waals surface area contributed by atoms with E-state index in [2.05, 4.69) is 4.81 Å². The molecule has 0 aliphatic carbocycles. The molecule has 38 valence electrons. The van der Waals surface area contributed by atoms with E-state index < -0.39 is 0 Å². The Labute approximate surface area is 53.9 Å². The number of hydrogen-bond donors (Lipinski definition) is 0. The molecule has 0 N–H and O–H groups in total. The first kappa shape index (κ1) is 5.44. The van der Waals surface area contributed by atoms with Crippen LogP contribution < -0.4 is 0 Å². The normalized spacial score (nSPS) is 21.1. The molecule has 0 unspecified atom stereocenters. The third kappa shape index (κ3) is 1.10. The Kier molecular flexibility index (Phi) is 1.59. The molecule has 1 rings (SSSR count). The third-order valence-corrected chi connectivity index (χ3v) is 2.57. The SMILES string of the molecule is BN1CCSC1=S. The summed E-state index contributed by atoms with van der Waals surface area (Å²) < 4.78 is 1.04. The van der Waals surface area contributed by atoms with Crippen LogP contribution in [0.4, 0.5) is 0 Å². The highest BCUT2D eigenvalue weighted by Gasteiger charge is 2.10. The fourth-order valence-electron chi connectivity index (χ4n) is 0.471. The van der Waals surface area contributed by atoms with E-state index in [1.807, 2.05) is 7.98 Å². The number of nitrogens with zero attached hydrogens (tertiary/aromatic N) is 1. The van der Waals surface area contributed by atoms with Crippen LogP contribution >= 0.6 is 24.0 Å². The molecule has 1 nitrogen and oxygen atoms in total. The second kappa shape index (κ2) is 2.05. The summed E-state index contributed by atoms with van der Waals surface area (Å²) in [6.07, 6.45) is 0. The van der Waals surface area contributed by atoms with Crippen LogP contribution in [0.3, 0.4) is 0 Å². The van der Waals surface area contributed by atoms with Gasteiger partial charge in [-0.2, -0.15) is 0 Å². The first-order valence-electron chi connectivity index (χ1n) is 2.18. The monoisotopic (exact) mass is 131 g/mol. The maximum atomic E-state index is 4.93. The molecular formula is C3H6BNS2. The lowest BCUT2D eigenvalue weighted by Crippen LogP contribution is -2.17. The van der Waals surface area contributed by atoms with E-state index >= 15 is 0 Å². The van der Waals surface area contributed by atoms with Gasteiger partial charge in [0.25, 0.3) is 0 Å². The zero-order valence-corrected chi connectivity index (χ0v) is 5.81. The van der Waals surface area contributed by atoms with Gasteiger partial charge in [-0.1, -0.05) is 24.0 Å². The van der Waals surface area contributed by atoms with Crippen LogP contribution in [0.5, 0.6) is 0 Å². The predicted molar refractivity (Wildman–Crippen MR) is 40.3 cm³/mol. The Bertz CT molecular complexity index is 94.9. The largest absolute Gasteiger partial charge is 0.407 e. The summed E-state index contributed by atoms with van der Waals surface area (Å²) in [6, 6.07) is 0. The number of rotatable bonds is 0. The third-order valence-electron chi connectivity index (χ3n) is 0.964. The number of hydrogen-bond acceptors (Lipinski definition) is 2. The van der Waals surface area contributed by atoms with Gasteiger partial charge >= 0.3 is 0 Å². The summed E-state index contributed by atoms with van der Waals surface area (Å²) in [4.78, 5) is 2.10. The van der Waals surface area contributed by atoms with Crippen molar-refractivity contribution < 1.29 is 0 Å². The Balaban J connectivity index is 2.48. The van der Waals surface area contributed by atoms with Gasteiger partial charge in [0.15, 0.2) is 0 Å². The highest BCUT2D eigenvalue weighted by Crippen LogP contribution is 2.14. The Morgan fingerprint density at radius 1 is 1.86 bits per heavy atom. The van der Waals surface area contributed by atoms with Gasteiger partial charge in [0, 0.05) is 12.3 Å². The van der Waals surface area contributed by atoms with Crippen molar-refractivity contribution in [3.63, 3.8) is 0 Å². The van der Waals surface area contributed by atoms with Gasteiger partial charge in [-0.05, 0) is 0 Å². The maximum Gasteiger partial charge on any atom is 0.219 e. The molecular weight excluding hydrogens is 125 g/mol. The summed E-state index contributed by atoms with van der Waals surface area (Å²) in [5, 5.41) is 0. The van der Waals surface area contributed by atoms with Crippen molar-refractivity contribution in [3.05, 3.63) is 0 Å². The van der Waals surface area contributed by atoms with Gasteiger partial charge in [-0.3, -0.25) is 0 Å². The zero-order chi connectivity index (χ0) is 5.28. The van der Waals surface area contributed by atoms with Crippen LogP contribution in [-0.2, 0) is 0 Å². The minimum Gasteiger partial charge on any atom is -0.407 e. The van der Waals surface area contributed by atoms with Crippen molar-refractivity contribution in [3.8, 4) is 0 Å². The van der Waals surface area contributed by atoms with Crippen LogP contribution in [0.2, 0.25) is 0 Å². The molecule has 1 aliphatic rings. The molecule has 4 heteroatoms. The highest BCUT2D eigenvalue weighted by molar-refractivity contribution is 8.23. The summed E-state index contributed by atoms with van der Waals surface area (Å²) in [5.41, 5.74) is 0. The number of thioether (sulfide) groups is 1. The lowest BCUT2D eigenvalue weighted by atomic mass is 10.3. The van der Waals surface area contributed by atoms with Crippen molar-refractivity contribution in [1.29, 1.82) is 0 Å². The lowest BCUT2D eigenvalue weighted by molar-refractivity contribution is 0.741. The van der Waals surface area contributed by atoms with Crippen LogP contribution in [0.1, 0.15) is 0 Å². The molecule has 0 atom stereocenters. The van der Waals surface area contributed by atoms with Gasteiger partial charge < -0.3 is 4.81 Å². The van der Waals surface area contributed by atoms with E-state index in [4.69, 9.17) is 12.2 Å². The molecule has 7 heavy (non-hydrogen) atoms. The first-order valence-corrected chi connectivity index (χ1v) is 3.58. The Morgan fingerprint density at radius 3 is 2.71 bits per heavy atom. The van der Waals surface area contributed by atoms with Crippen molar-refractivity contribution in [2.45, 2.75) is 0 Å². The molecule has 1 aliphatic heterocycles. The van der Waals surface area contributed by atoms with Crippen LogP contribution in [0.25, 0.3) is 0 Å². The van der Waals surface area contributed by atoms with Gasteiger partial charge in [0.05, 0.1) is 0 Å². The zero-order valence-electron chi connectivity index (χ0n) is 4.18. The van der Waals surface area contributed by atoms with E-state index in [-0.39, 0.29) is 0 Å². The minimum atomic E-state index is 1.04. The molecule has 0 bridgehead atoms. The average Bonchev–Trinajstić information content (AvgIpc) is 1.91. The second-order valence-corrected chi connectivity index (χ2v) is 3.26. The van der Waals surface area contributed by atoms with Gasteiger partial charge in [0.1, 0.15) is 4.32 Å². The molecule has 0 amide bonds.